The maximum absolute atomic E-state index is 5.62. The van der Waals surface area contributed by atoms with Crippen molar-refractivity contribution in [1.82, 2.24) is 0 Å². The molecule has 1 nitrogen and oxygen atoms in total. The Morgan fingerprint density at radius 3 is 2.45 bits per heavy atom. The van der Waals surface area contributed by atoms with Gasteiger partial charge in [0.1, 0.15) is 0 Å². The fourth-order valence-corrected chi connectivity index (χ4v) is 3.43. The van der Waals surface area contributed by atoms with Crippen molar-refractivity contribution in [3.05, 3.63) is 0 Å². The van der Waals surface area contributed by atoms with Crippen LogP contribution in [0.3, 0.4) is 0 Å². The molecule has 0 radical (unpaired) electrons. The summed E-state index contributed by atoms with van der Waals surface area (Å²) in [5, 5.41) is 0. The second-order valence-corrected chi connectivity index (χ2v) is 5.20. The Balaban J connectivity index is 1.94. The number of rotatable bonds is 0. The molecule has 0 amide bonds. The van der Waals surface area contributed by atoms with Crippen LogP contribution in [-0.2, 0) is 4.74 Å². The highest BCUT2D eigenvalue weighted by Crippen LogP contribution is 2.67. The Morgan fingerprint density at radius 2 is 2.09 bits per heavy atom. The van der Waals surface area contributed by atoms with Crippen molar-refractivity contribution < 1.29 is 4.74 Å². The van der Waals surface area contributed by atoms with E-state index in [-0.39, 0.29) is 0 Å². The van der Waals surface area contributed by atoms with Gasteiger partial charge in [0.15, 0.2) is 0 Å². The Morgan fingerprint density at radius 1 is 1.36 bits per heavy atom. The number of ether oxygens (including phenoxy) is 1. The van der Waals surface area contributed by atoms with Crippen molar-refractivity contribution in [2.75, 3.05) is 6.61 Å². The molecule has 0 aromatic heterocycles. The molecule has 3 saturated carbocycles. The molecule has 1 spiro atoms. The Labute approximate surface area is 68.1 Å². The maximum Gasteiger partial charge on any atom is 0.0949 e. The van der Waals surface area contributed by atoms with E-state index in [1.807, 2.05) is 0 Å². The molecule has 0 aromatic carbocycles. The van der Waals surface area contributed by atoms with Gasteiger partial charge in [-0.05, 0) is 36.5 Å². The van der Waals surface area contributed by atoms with Gasteiger partial charge in [0, 0.05) is 0 Å². The van der Waals surface area contributed by atoms with E-state index in [0.717, 1.165) is 18.4 Å². The fraction of sp³-hybridized carbons (Fsp3) is 1.00. The first kappa shape index (κ1) is 6.47. The van der Waals surface area contributed by atoms with E-state index in [2.05, 4.69) is 13.8 Å². The monoisotopic (exact) mass is 152 g/mol. The van der Waals surface area contributed by atoms with Crippen LogP contribution < -0.4 is 0 Å². The van der Waals surface area contributed by atoms with Crippen LogP contribution >= 0.6 is 0 Å². The lowest BCUT2D eigenvalue weighted by Gasteiger charge is -2.59. The predicted molar refractivity (Wildman–Crippen MR) is 43.3 cm³/mol. The normalized spacial score (nSPS) is 57.3. The average molecular weight is 152 g/mol. The zero-order valence-corrected chi connectivity index (χ0v) is 7.39. The number of epoxide rings is 1. The largest absolute Gasteiger partial charge is 0.369 e. The van der Waals surface area contributed by atoms with Crippen LogP contribution in [0.2, 0.25) is 0 Å². The molecule has 1 heteroatoms. The van der Waals surface area contributed by atoms with Crippen molar-refractivity contribution in [1.29, 1.82) is 0 Å². The maximum atomic E-state index is 5.62. The SMILES string of the molecule is CC1(C)[C@@H]2CC[C@]3(CO3)[C@H]1C2. The first-order valence-corrected chi connectivity index (χ1v) is 4.79. The summed E-state index contributed by atoms with van der Waals surface area (Å²) in [7, 11) is 0. The number of hydrogen-bond acceptors (Lipinski definition) is 1. The van der Waals surface area contributed by atoms with E-state index in [0.29, 0.717) is 11.0 Å². The van der Waals surface area contributed by atoms with E-state index >= 15 is 0 Å². The minimum atomic E-state index is 0.387. The van der Waals surface area contributed by atoms with Gasteiger partial charge in [-0.15, -0.1) is 0 Å². The topological polar surface area (TPSA) is 12.5 Å². The van der Waals surface area contributed by atoms with Gasteiger partial charge in [-0.3, -0.25) is 0 Å². The lowest BCUT2D eigenvalue weighted by atomic mass is 9.45. The molecule has 4 aliphatic rings. The van der Waals surface area contributed by atoms with Gasteiger partial charge in [-0.1, -0.05) is 13.8 Å². The van der Waals surface area contributed by atoms with Gasteiger partial charge >= 0.3 is 0 Å². The van der Waals surface area contributed by atoms with E-state index in [1.54, 1.807) is 0 Å². The second kappa shape index (κ2) is 1.52. The van der Waals surface area contributed by atoms with Gasteiger partial charge in [-0.25, -0.2) is 0 Å². The minimum absolute atomic E-state index is 0.387. The molecule has 4 fully saturated rings. The Bertz CT molecular complexity index is 199. The zero-order chi connectivity index (χ0) is 7.69. The van der Waals surface area contributed by atoms with Crippen LogP contribution in [0.15, 0.2) is 0 Å². The summed E-state index contributed by atoms with van der Waals surface area (Å²) in [5.74, 6) is 1.91. The van der Waals surface area contributed by atoms with Crippen LogP contribution in [0.25, 0.3) is 0 Å². The molecule has 0 unspecified atom stereocenters. The summed E-state index contributed by atoms with van der Waals surface area (Å²) in [4.78, 5) is 0. The van der Waals surface area contributed by atoms with E-state index < -0.39 is 0 Å². The van der Waals surface area contributed by atoms with Crippen LogP contribution in [0.4, 0.5) is 0 Å². The molecule has 4 rings (SSSR count). The number of hydrogen-bond donors (Lipinski definition) is 0. The molecule has 1 saturated heterocycles. The molecule has 1 heterocycles. The first-order valence-electron chi connectivity index (χ1n) is 4.79. The van der Waals surface area contributed by atoms with Gasteiger partial charge in [0.25, 0.3) is 0 Å². The van der Waals surface area contributed by atoms with Gasteiger partial charge in [0.05, 0.1) is 12.2 Å². The lowest BCUT2D eigenvalue weighted by Crippen LogP contribution is -2.56. The molecule has 11 heavy (non-hydrogen) atoms. The lowest BCUT2D eigenvalue weighted by molar-refractivity contribution is -0.115. The van der Waals surface area contributed by atoms with Crippen LogP contribution in [-0.4, -0.2) is 12.2 Å². The summed E-state index contributed by atoms with van der Waals surface area (Å²) in [6, 6.07) is 0. The Kier molecular flexibility index (Phi) is 0.893. The van der Waals surface area contributed by atoms with Gasteiger partial charge in [-0.2, -0.15) is 0 Å². The Hall–Kier alpha value is -0.0400. The molecular weight excluding hydrogens is 136 g/mol. The average Bonchev–Trinajstić information content (AvgIpc) is 2.69. The molecule has 2 bridgehead atoms. The van der Waals surface area contributed by atoms with Crippen LogP contribution in [0, 0.1) is 17.3 Å². The third kappa shape index (κ3) is 0.581. The smallest absolute Gasteiger partial charge is 0.0949 e. The summed E-state index contributed by atoms with van der Waals surface area (Å²) in [6.07, 6.45) is 4.22. The molecule has 1 aliphatic heterocycles. The highest BCUT2D eigenvalue weighted by molar-refractivity contribution is 5.15. The molecular formula is C10H16O. The summed E-state index contributed by atoms with van der Waals surface area (Å²) < 4.78 is 5.62. The third-order valence-electron chi connectivity index (χ3n) is 4.54. The van der Waals surface area contributed by atoms with E-state index in [4.69, 9.17) is 4.74 Å². The first-order chi connectivity index (χ1) is 5.15. The van der Waals surface area contributed by atoms with Crippen molar-refractivity contribution in [2.24, 2.45) is 17.3 Å². The van der Waals surface area contributed by atoms with Crippen LogP contribution in [0.5, 0.6) is 0 Å². The van der Waals surface area contributed by atoms with Gasteiger partial charge < -0.3 is 4.74 Å². The summed E-state index contributed by atoms with van der Waals surface area (Å²) >= 11 is 0. The van der Waals surface area contributed by atoms with Crippen molar-refractivity contribution in [3.8, 4) is 0 Å². The summed E-state index contributed by atoms with van der Waals surface area (Å²) in [5.41, 5.74) is 0.993. The number of fused-ring (bicyclic) bond motifs is 1. The predicted octanol–water partition coefficient (Wildman–Crippen LogP) is 2.21. The van der Waals surface area contributed by atoms with E-state index in [1.165, 1.54) is 19.3 Å². The quantitative estimate of drug-likeness (QED) is 0.485. The summed E-state index contributed by atoms with van der Waals surface area (Å²) in [6.45, 7) is 5.91. The standard InChI is InChI=1S/C10H16O/c1-9(2)7-3-4-10(6-11-10)8(9)5-7/h7-8H,3-6H2,1-2H3/t7-,8+,10+/m1/s1. The van der Waals surface area contributed by atoms with Crippen molar-refractivity contribution >= 4 is 0 Å². The van der Waals surface area contributed by atoms with Crippen LogP contribution in [0.1, 0.15) is 33.1 Å². The molecule has 3 atom stereocenters. The molecule has 0 N–H and O–H groups in total. The second-order valence-electron chi connectivity index (χ2n) is 5.20. The molecule has 3 aliphatic carbocycles. The van der Waals surface area contributed by atoms with Gasteiger partial charge in [0.2, 0.25) is 0 Å². The highest BCUT2D eigenvalue weighted by atomic mass is 16.6. The van der Waals surface area contributed by atoms with Crippen molar-refractivity contribution in [2.45, 2.75) is 38.7 Å². The van der Waals surface area contributed by atoms with E-state index in [9.17, 15) is 0 Å². The highest BCUT2D eigenvalue weighted by Gasteiger charge is 2.67. The fourth-order valence-electron chi connectivity index (χ4n) is 3.43. The molecule has 62 valence electrons. The van der Waals surface area contributed by atoms with Crippen molar-refractivity contribution in [3.63, 3.8) is 0 Å². The third-order valence-corrected chi connectivity index (χ3v) is 4.54. The minimum Gasteiger partial charge on any atom is -0.369 e. The zero-order valence-electron chi connectivity index (χ0n) is 7.39. The molecule has 0 aromatic rings.